The predicted molar refractivity (Wildman–Crippen MR) is 89.8 cm³/mol. The van der Waals surface area contributed by atoms with Crippen LogP contribution in [0.1, 0.15) is 11.1 Å². The van der Waals surface area contributed by atoms with Crippen molar-refractivity contribution in [2.45, 2.75) is 13.3 Å². The van der Waals surface area contributed by atoms with E-state index in [0.29, 0.717) is 22.3 Å². The summed E-state index contributed by atoms with van der Waals surface area (Å²) in [6, 6.07) is 13.2. The number of aryl methyl sites for hydroxylation is 1. The number of hydrogen-bond donors (Lipinski definition) is 1. The molecule has 0 unspecified atom stereocenters. The van der Waals surface area contributed by atoms with Gasteiger partial charge in [0, 0.05) is 6.54 Å². The van der Waals surface area contributed by atoms with Crippen LogP contribution in [0, 0.1) is 6.92 Å². The van der Waals surface area contributed by atoms with Crippen LogP contribution < -0.4 is 10.1 Å². The van der Waals surface area contributed by atoms with Gasteiger partial charge in [-0.05, 0) is 36.6 Å². The minimum Gasteiger partial charge on any atom is -0.482 e. The average molecular weight is 338 g/mol. The first-order valence-electron chi connectivity index (χ1n) is 6.96. The summed E-state index contributed by atoms with van der Waals surface area (Å²) in [5.41, 5.74) is 2.44. The average Bonchev–Trinajstić information content (AvgIpc) is 2.51. The molecular weight excluding hydrogens is 321 g/mol. The summed E-state index contributed by atoms with van der Waals surface area (Å²) in [5.74, 6) is 0.216. The van der Waals surface area contributed by atoms with Crippen molar-refractivity contribution < 1.29 is 9.53 Å². The number of hydrogen-bond acceptors (Lipinski definition) is 2. The third-order valence-electron chi connectivity index (χ3n) is 3.25. The zero-order valence-corrected chi connectivity index (χ0v) is 13.7. The summed E-state index contributed by atoms with van der Waals surface area (Å²) in [4.78, 5) is 11.8. The largest absolute Gasteiger partial charge is 0.482 e. The Hall–Kier alpha value is -1.71. The number of carbonyl (C=O) groups excluding carboxylic acids is 1. The predicted octanol–water partition coefficient (Wildman–Crippen LogP) is 4.04. The van der Waals surface area contributed by atoms with E-state index in [2.05, 4.69) is 24.4 Å². The van der Waals surface area contributed by atoms with Gasteiger partial charge in [0.15, 0.2) is 6.61 Å². The second kappa shape index (κ2) is 8.06. The van der Waals surface area contributed by atoms with E-state index in [0.717, 1.165) is 6.42 Å². The summed E-state index contributed by atoms with van der Waals surface area (Å²) >= 11 is 11.9. The van der Waals surface area contributed by atoms with Gasteiger partial charge in [-0.3, -0.25) is 4.79 Å². The minimum atomic E-state index is -0.190. The van der Waals surface area contributed by atoms with E-state index in [1.165, 1.54) is 11.1 Å². The van der Waals surface area contributed by atoms with Crippen molar-refractivity contribution in [3.05, 3.63) is 63.6 Å². The molecule has 0 bridgehead atoms. The Bertz CT molecular complexity index is 659. The van der Waals surface area contributed by atoms with E-state index < -0.39 is 0 Å². The molecule has 0 aliphatic carbocycles. The van der Waals surface area contributed by atoms with Crippen molar-refractivity contribution in [1.29, 1.82) is 0 Å². The topological polar surface area (TPSA) is 38.3 Å². The zero-order chi connectivity index (χ0) is 15.9. The van der Waals surface area contributed by atoms with E-state index >= 15 is 0 Å². The van der Waals surface area contributed by atoms with Gasteiger partial charge in [-0.25, -0.2) is 0 Å². The molecule has 22 heavy (non-hydrogen) atoms. The van der Waals surface area contributed by atoms with Crippen LogP contribution in [0.15, 0.2) is 42.5 Å². The van der Waals surface area contributed by atoms with Gasteiger partial charge in [-0.1, -0.05) is 53.5 Å². The maximum Gasteiger partial charge on any atom is 0.257 e. The van der Waals surface area contributed by atoms with Crippen molar-refractivity contribution in [1.82, 2.24) is 5.32 Å². The number of amides is 1. The molecule has 116 valence electrons. The highest BCUT2D eigenvalue weighted by atomic mass is 35.5. The van der Waals surface area contributed by atoms with E-state index in [4.69, 9.17) is 27.9 Å². The first-order chi connectivity index (χ1) is 10.6. The minimum absolute atomic E-state index is 0.0895. The molecule has 0 fully saturated rings. The van der Waals surface area contributed by atoms with Gasteiger partial charge in [0.05, 0.1) is 5.02 Å². The highest BCUT2D eigenvalue weighted by molar-refractivity contribution is 6.42. The number of ether oxygens (including phenoxy) is 1. The normalized spacial score (nSPS) is 10.3. The van der Waals surface area contributed by atoms with E-state index in [-0.39, 0.29) is 12.5 Å². The molecule has 0 aliphatic rings. The van der Waals surface area contributed by atoms with Gasteiger partial charge in [0.2, 0.25) is 0 Å². The first-order valence-corrected chi connectivity index (χ1v) is 7.71. The van der Waals surface area contributed by atoms with E-state index in [1.54, 1.807) is 18.2 Å². The van der Waals surface area contributed by atoms with Gasteiger partial charge in [0.1, 0.15) is 10.8 Å². The number of nitrogens with one attached hydrogen (secondary N) is 1. The third kappa shape index (κ3) is 4.65. The fourth-order valence-corrected chi connectivity index (χ4v) is 2.36. The number of carbonyl (C=O) groups is 1. The molecule has 0 aliphatic heterocycles. The SMILES string of the molecule is Cc1ccccc1CCNC(=O)COc1cccc(Cl)c1Cl. The van der Waals surface area contributed by atoms with Gasteiger partial charge in [-0.15, -0.1) is 0 Å². The first kappa shape index (κ1) is 16.7. The molecule has 1 N–H and O–H groups in total. The molecular formula is C17H17Cl2NO2. The lowest BCUT2D eigenvalue weighted by molar-refractivity contribution is -0.123. The van der Waals surface area contributed by atoms with Crippen LogP contribution in [0.2, 0.25) is 10.0 Å². The highest BCUT2D eigenvalue weighted by Crippen LogP contribution is 2.31. The van der Waals surface area contributed by atoms with E-state index in [9.17, 15) is 4.79 Å². The molecule has 2 rings (SSSR count). The van der Waals surface area contributed by atoms with Crippen LogP contribution in [0.3, 0.4) is 0 Å². The Kier molecular flexibility index (Phi) is 6.10. The molecule has 2 aromatic carbocycles. The van der Waals surface area contributed by atoms with Gasteiger partial charge >= 0.3 is 0 Å². The van der Waals surface area contributed by atoms with Gasteiger partial charge in [0.25, 0.3) is 5.91 Å². The Balaban J connectivity index is 1.77. The van der Waals surface area contributed by atoms with E-state index in [1.807, 2.05) is 12.1 Å². The summed E-state index contributed by atoms with van der Waals surface area (Å²) in [7, 11) is 0. The van der Waals surface area contributed by atoms with Crippen LogP contribution >= 0.6 is 23.2 Å². The van der Waals surface area contributed by atoms with Crippen LogP contribution in [0.5, 0.6) is 5.75 Å². The molecule has 0 spiro atoms. The molecule has 0 heterocycles. The fraction of sp³-hybridized carbons (Fsp3) is 0.235. The molecule has 0 atom stereocenters. The maximum atomic E-state index is 11.8. The molecule has 5 heteroatoms. The van der Waals surface area contributed by atoms with Gasteiger partial charge in [-0.2, -0.15) is 0 Å². The van der Waals surface area contributed by atoms with Crippen molar-refractivity contribution in [2.75, 3.05) is 13.2 Å². The Morgan fingerprint density at radius 1 is 1.14 bits per heavy atom. The number of halogens is 2. The molecule has 3 nitrogen and oxygen atoms in total. The number of rotatable bonds is 6. The molecule has 0 saturated heterocycles. The Morgan fingerprint density at radius 2 is 1.91 bits per heavy atom. The van der Waals surface area contributed by atoms with Crippen LogP contribution in [0.4, 0.5) is 0 Å². The molecule has 0 radical (unpaired) electrons. The highest BCUT2D eigenvalue weighted by Gasteiger charge is 2.08. The third-order valence-corrected chi connectivity index (χ3v) is 4.05. The lowest BCUT2D eigenvalue weighted by Gasteiger charge is -2.10. The number of benzene rings is 2. The monoisotopic (exact) mass is 337 g/mol. The second-order valence-electron chi connectivity index (χ2n) is 4.87. The van der Waals surface area contributed by atoms with Crippen LogP contribution in [-0.2, 0) is 11.2 Å². The Morgan fingerprint density at radius 3 is 2.68 bits per heavy atom. The molecule has 2 aromatic rings. The summed E-state index contributed by atoms with van der Waals surface area (Å²) in [6.45, 7) is 2.53. The van der Waals surface area contributed by atoms with Crippen molar-refractivity contribution in [2.24, 2.45) is 0 Å². The smallest absolute Gasteiger partial charge is 0.257 e. The van der Waals surface area contributed by atoms with Gasteiger partial charge < -0.3 is 10.1 Å². The lowest BCUT2D eigenvalue weighted by atomic mass is 10.1. The van der Waals surface area contributed by atoms with Crippen molar-refractivity contribution in [3.63, 3.8) is 0 Å². The maximum absolute atomic E-state index is 11.8. The van der Waals surface area contributed by atoms with Crippen molar-refractivity contribution >= 4 is 29.1 Å². The zero-order valence-electron chi connectivity index (χ0n) is 12.2. The lowest BCUT2D eigenvalue weighted by Crippen LogP contribution is -2.30. The fourth-order valence-electron chi connectivity index (χ4n) is 2.02. The molecule has 0 saturated carbocycles. The van der Waals surface area contributed by atoms with Crippen molar-refractivity contribution in [3.8, 4) is 5.75 Å². The molecule has 1 amide bonds. The quantitative estimate of drug-likeness (QED) is 0.863. The molecule has 0 aromatic heterocycles. The summed E-state index contributed by atoms with van der Waals surface area (Å²) < 4.78 is 5.38. The second-order valence-corrected chi connectivity index (χ2v) is 5.65. The van der Waals surface area contributed by atoms with Crippen LogP contribution in [0.25, 0.3) is 0 Å². The Labute approximate surface area is 140 Å². The van der Waals surface area contributed by atoms with Crippen LogP contribution in [-0.4, -0.2) is 19.1 Å². The summed E-state index contributed by atoms with van der Waals surface area (Å²) in [6.07, 6.45) is 0.788. The summed E-state index contributed by atoms with van der Waals surface area (Å²) in [5, 5.41) is 3.54. The standard InChI is InChI=1S/C17H17Cl2NO2/c1-12-5-2-3-6-13(12)9-10-20-16(21)11-22-15-8-4-7-14(18)17(15)19/h2-8H,9-11H2,1H3,(H,20,21).